The highest BCUT2D eigenvalue weighted by atomic mass is 79.9. The first-order valence-corrected chi connectivity index (χ1v) is 11.5. The zero-order valence-electron chi connectivity index (χ0n) is 15.9. The van der Waals surface area contributed by atoms with Crippen molar-refractivity contribution in [2.24, 2.45) is 0 Å². The van der Waals surface area contributed by atoms with E-state index in [-0.39, 0.29) is 10.7 Å². The minimum atomic E-state index is -4.37. The number of fused-ring (bicyclic) bond motifs is 1. The van der Waals surface area contributed by atoms with Crippen LogP contribution in [0.2, 0.25) is 5.02 Å². The molecule has 158 valence electrons. The van der Waals surface area contributed by atoms with Crippen molar-refractivity contribution in [1.82, 2.24) is 4.98 Å². The van der Waals surface area contributed by atoms with Gasteiger partial charge in [-0.1, -0.05) is 29.8 Å². The summed E-state index contributed by atoms with van der Waals surface area (Å²) in [6.07, 6.45) is 1.53. The SMILES string of the molecule is COc1cc(-c2cccc(F)c2)c(Cl)cc1-c1c(Br)cnc2cc(S(=O)(=O)O)ccc12. The number of aromatic nitrogens is 1. The van der Waals surface area contributed by atoms with Gasteiger partial charge in [0.15, 0.2) is 0 Å². The Labute approximate surface area is 191 Å². The maximum atomic E-state index is 13.7. The van der Waals surface area contributed by atoms with Gasteiger partial charge in [0.25, 0.3) is 10.1 Å². The van der Waals surface area contributed by atoms with Crippen LogP contribution in [0.1, 0.15) is 0 Å². The van der Waals surface area contributed by atoms with Crippen LogP contribution in [0.3, 0.4) is 0 Å². The molecular formula is C22H14BrClFNO4S. The second-order valence-electron chi connectivity index (χ2n) is 6.68. The number of rotatable bonds is 4. The zero-order chi connectivity index (χ0) is 22.3. The van der Waals surface area contributed by atoms with Gasteiger partial charge in [0, 0.05) is 37.8 Å². The molecule has 9 heteroatoms. The third-order valence-electron chi connectivity index (χ3n) is 4.79. The fourth-order valence-corrected chi connectivity index (χ4v) is 4.68. The van der Waals surface area contributed by atoms with Crippen LogP contribution in [0.4, 0.5) is 4.39 Å². The molecule has 4 aromatic rings. The standard InChI is InChI=1S/C22H14BrClFNO4S/c1-30-21-10-16(12-3-2-4-13(25)7-12)19(24)9-17(21)22-15-6-5-14(31(27,28)29)8-20(15)26-11-18(22)23/h2-11H,1H3,(H,27,28,29). The molecule has 1 heterocycles. The molecular weight excluding hydrogens is 509 g/mol. The van der Waals surface area contributed by atoms with Gasteiger partial charge < -0.3 is 4.74 Å². The Balaban J connectivity index is 1.97. The molecule has 0 saturated heterocycles. The van der Waals surface area contributed by atoms with E-state index in [0.29, 0.717) is 48.4 Å². The van der Waals surface area contributed by atoms with Gasteiger partial charge in [-0.3, -0.25) is 9.54 Å². The van der Waals surface area contributed by atoms with Crippen molar-refractivity contribution in [1.29, 1.82) is 0 Å². The lowest BCUT2D eigenvalue weighted by Crippen LogP contribution is -1.99. The number of halogens is 3. The van der Waals surface area contributed by atoms with E-state index >= 15 is 0 Å². The molecule has 1 aromatic heterocycles. The number of methoxy groups -OCH3 is 1. The van der Waals surface area contributed by atoms with E-state index in [1.807, 2.05) is 0 Å². The first-order chi connectivity index (χ1) is 14.7. The number of nitrogens with zero attached hydrogens (tertiary/aromatic N) is 1. The van der Waals surface area contributed by atoms with Crippen molar-refractivity contribution >= 4 is 48.6 Å². The molecule has 0 aliphatic rings. The second kappa shape index (κ2) is 8.20. The molecule has 0 atom stereocenters. The van der Waals surface area contributed by atoms with Crippen LogP contribution in [-0.2, 0) is 10.1 Å². The van der Waals surface area contributed by atoms with Crippen LogP contribution in [-0.4, -0.2) is 25.1 Å². The quantitative estimate of drug-likeness (QED) is 0.315. The summed E-state index contributed by atoms with van der Waals surface area (Å²) in [7, 11) is -2.86. The Bertz CT molecular complexity index is 1440. The number of hydrogen-bond donors (Lipinski definition) is 1. The van der Waals surface area contributed by atoms with Crippen LogP contribution >= 0.6 is 27.5 Å². The van der Waals surface area contributed by atoms with Gasteiger partial charge in [-0.25, -0.2) is 4.39 Å². The zero-order valence-corrected chi connectivity index (χ0v) is 19.1. The van der Waals surface area contributed by atoms with E-state index in [0.717, 1.165) is 0 Å². The van der Waals surface area contributed by atoms with Crippen molar-refractivity contribution < 1.29 is 22.1 Å². The fraction of sp³-hybridized carbons (Fsp3) is 0.0455. The van der Waals surface area contributed by atoms with Gasteiger partial charge in [0.2, 0.25) is 0 Å². The summed E-state index contributed by atoms with van der Waals surface area (Å²) in [5.41, 5.74) is 2.87. The first kappa shape index (κ1) is 21.7. The van der Waals surface area contributed by atoms with Crippen LogP contribution < -0.4 is 4.74 Å². The summed E-state index contributed by atoms with van der Waals surface area (Å²) in [6, 6.07) is 13.6. The highest BCUT2D eigenvalue weighted by Crippen LogP contribution is 2.44. The molecule has 3 aromatic carbocycles. The average molecular weight is 523 g/mol. The van der Waals surface area contributed by atoms with Gasteiger partial charge in [-0.05, 0) is 57.9 Å². The number of pyridine rings is 1. The Kier molecular flexibility index (Phi) is 5.74. The van der Waals surface area contributed by atoms with Crippen LogP contribution in [0.15, 0.2) is 70.2 Å². The lowest BCUT2D eigenvalue weighted by Gasteiger charge is -2.16. The molecule has 5 nitrogen and oxygen atoms in total. The summed E-state index contributed by atoms with van der Waals surface area (Å²) in [5.74, 6) is 0.102. The highest BCUT2D eigenvalue weighted by molar-refractivity contribution is 9.10. The first-order valence-electron chi connectivity index (χ1n) is 8.88. The van der Waals surface area contributed by atoms with Gasteiger partial charge >= 0.3 is 0 Å². The number of ether oxygens (including phenoxy) is 1. The maximum Gasteiger partial charge on any atom is 0.294 e. The normalized spacial score (nSPS) is 11.6. The van der Waals surface area contributed by atoms with E-state index in [4.69, 9.17) is 16.3 Å². The van der Waals surface area contributed by atoms with Gasteiger partial charge in [0.1, 0.15) is 11.6 Å². The van der Waals surface area contributed by atoms with Gasteiger partial charge in [0.05, 0.1) is 17.5 Å². The minimum Gasteiger partial charge on any atom is -0.496 e. The van der Waals surface area contributed by atoms with Crippen molar-refractivity contribution in [3.05, 3.63) is 76.1 Å². The predicted octanol–water partition coefficient (Wildman–Crippen LogP) is 6.38. The lowest BCUT2D eigenvalue weighted by atomic mass is 9.96. The third-order valence-corrected chi connectivity index (χ3v) is 6.55. The largest absolute Gasteiger partial charge is 0.496 e. The van der Waals surface area contributed by atoms with Crippen molar-refractivity contribution in [3.63, 3.8) is 0 Å². The molecule has 0 aliphatic carbocycles. The lowest BCUT2D eigenvalue weighted by molar-refractivity contribution is 0.416. The van der Waals surface area contributed by atoms with E-state index in [9.17, 15) is 17.4 Å². The number of benzene rings is 3. The van der Waals surface area contributed by atoms with Crippen molar-refractivity contribution in [2.45, 2.75) is 4.90 Å². The topological polar surface area (TPSA) is 76.5 Å². The summed E-state index contributed by atoms with van der Waals surface area (Å²) >= 11 is 10.1. The molecule has 0 fully saturated rings. The molecule has 0 amide bonds. The van der Waals surface area contributed by atoms with E-state index in [1.54, 1.807) is 30.3 Å². The van der Waals surface area contributed by atoms with Crippen LogP contribution in [0.25, 0.3) is 33.2 Å². The number of hydrogen-bond acceptors (Lipinski definition) is 4. The van der Waals surface area contributed by atoms with E-state index in [1.165, 1.54) is 37.6 Å². The Morgan fingerprint density at radius 2 is 1.87 bits per heavy atom. The molecule has 31 heavy (non-hydrogen) atoms. The maximum absolute atomic E-state index is 13.7. The monoisotopic (exact) mass is 521 g/mol. The summed E-state index contributed by atoms with van der Waals surface area (Å²) in [5, 5.41) is 1.00. The summed E-state index contributed by atoms with van der Waals surface area (Å²) in [6.45, 7) is 0. The van der Waals surface area contributed by atoms with Crippen molar-refractivity contribution in [2.75, 3.05) is 7.11 Å². The van der Waals surface area contributed by atoms with Gasteiger partial charge in [-0.15, -0.1) is 0 Å². The summed E-state index contributed by atoms with van der Waals surface area (Å²) in [4.78, 5) is 4.00. The molecule has 4 rings (SSSR count). The van der Waals surface area contributed by atoms with Crippen LogP contribution in [0, 0.1) is 5.82 Å². The van der Waals surface area contributed by atoms with Gasteiger partial charge in [-0.2, -0.15) is 8.42 Å². The second-order valence-corrected chi connectivity index (χ2v) is 9.36. The average Bonchev–Trinajstić information content (AvgIpc) is 2.72. The third kappa shape index (κ3) is 4.16. The smallest absolute Gasteiger partial charge is 0.294 e. The Morgan fingerprint density at radius 3 is 2.55 bits per heavy atom. The molecule has 0 unspecified atom stereocenters. The fourth-order valence-electron chi connectivity index (χ4n) is 3.38. The molecule has 0 radical (unpaired) electrons. The van der Waals surface area contributed by atoms with E-state index in [2.05, 4.69) is 20.9 Å². The predicted molar refractivity (Wildman–Crippen MR) is 122 cm³/mol. The summed E-state index contributed by atoms with van der Waals surface area (Å²) < 4.78 is 52.3. The molecule has 0 aliphatic heterocycles. The van der Waals surface area contributed by atoms with Crippen molar-refractivity contribution in [3.8, 4) is 28.0 Å². The molecule has 0 saturated carbocycles. The minimum absolute atomic E-state index is 0.257. The van der Waals surface area contributed by atoms with E-state index < -0.39 is 10.1 Å². The molecule has 1 N–H and O–H groups in total. The highest BCUT2D eigenvalue weighted by Gasteiger charge is 2.19. The Morgan fingerprint density at radius 1 is 1.10 bits per heavy atom. The molecule has 0 bridgehead atoms. The molecule has 0 spiro atoms. The Hall–Kier alpha value is -2.52. The van der Waals surface area contributed by atoms with Crippen LogP contribution in [0.5, 0.6) is 5.75 Å².